The van der Waals surface area contributed by atoms with E-state index in [1.165, 1.54) is 32.3 Å². The Labute approximate surface area is 317 Å². The predicted octanol–water partition coefficient (Wildman–Crippen LogP) is 13.6. The molecule has 11 aromatic rings. The van der Waals surface area contributed by atoms with Gasteiger partial charge in [0.2, 0.25) is 0 Å². The number of benzene rings is 9. The van der Waals surface area contributed by atoms with Gasteiger partial charge in [0.25, 0.3) is 0 Å². The van der Waals surface area contributed by atoms with Crippen LogP contribution in [0.2, 0.25) is 0 Å². The zero-order valence-electron chi connectivity index (χ0n) is 29.6. The van der Waals surface area contributed by atoms with Crippen LogP contribution < -0.4 is 0 Å². The van der Waals surface area contributed by atoms with Crippen LogP contribution in [0.3, 0.4) is 0 Å². The third-order valence-electron chi connectivity index (χ3n) is 10.7. The highest BCUT2D eigenvalue weighted by Gasteiger charge is 2.20. The first kappa shape index (κ1) is 31.1. The summed E-state index contributed by atoms with van der Waals surface area (Å²) < 4.78 is 6.32. The van der Waals surface area contributed by atoms with Gasteiger partial charge in [0.1, 0.15) is 11.2 Å². The van der Waals surface area contributed by atoms with E-state index in [0.29, 0.717) is 17.5 Å². The molecule has 11 rings (SSSR count). The largest absolute Gasteiger partial charge is 0.456 e. The minimum atomic E-state index is 0.590. The summed E-state index contributed by atoms with van der Waals surface area (Å²) in [6.45, 7) is 0. The maximum Gasteiger partial charge on any atom is 0.164 e. The molecule has 0 radical (unpaired) electrons. The molecule has 0 bridgehead atoms. The third kappa shape index (κ3) is 5.19. The van der Waals surface area contributed by atoms with E-state index < -0.39 is 0 Å². The minimum Gasteiger partial charge on any atom is -0.456 e. The number of rotatable bonds is 5. The third-order valence-corrected chi connectivity index (χ3v) is 10.7. The van der Waals surface area contributed by atoms with Crippen LogP contribution in [0.4, 0.5) is 0 Å². The summed E-state index contributed by atoms with van der Waals surface area (Å²) in [6.07, 6.45) is 0. The van der Waals surface area contributed by atoms with Crippen molar-refractivity contribution in [2.45, 2.75) is 0 Å². The van der Waals surface area contributed by atoms with Gasteiger partial charge in [-0.2, -0.15) is 0 Å². The van der Waals surface area contributed by atoms with Crippen molar-refractivity contribution in [3.63, 3.8) is 0 Å². The van der Waals surface area contributed by atoms with Crippen molar-refractivity contribution in [1.82, 2.24) is 15.0 Å². The summed E-state index contributed by atoms with van der Waals surface area (Å²) in [6, 6.07) is 65.8. The van der Waals surface area contributed by atoms with Gasteiger partial charge in [0.15, 0.2) is 17.5 Å². The molecule has 4 heteroatoms. The smallest absolute Gasteiger partial charge is 0.164 e. The molecule has 0 atom stereocenters. The van der Waals surface area contributed by atoms with Crippen molar-refractivity contribution in [1.29, 1.82) is 0 Å². The number of fused-ring (bicyclic) bond motifs is 8. The highest BCUT2D eigenvalue weighted by Crippen LogP contribution is 2.42. The zero-order chi connectivity index (χ0) is 36.3. The quantitative estimate of drug-likeness (QED) is 0.168. The van der Waals surface area contributed by atoms with E-state index >= 15 is 0 Å². The van der Waals surface area contributed by atoms with Gasteiger partial charge >= 0.3 is 0 Å². The van der Waals surface area contributed by atoms with E-state index in [2.05, 4.69) is 152 Å². The average molecular weight is 702 g/mol. The fourth-order valence-electron chi connectivity index (χ4n) is 8.19. The van der Waals surface area contributed by atoms with Crippen LogP contribution in [-0.2, 0) is 0 Å². The average Bonchev–Trinajstić information content (AvgIpc) is 3.65. The van der Waals surface area contributed by atoms with Gasteiger partial charge in [-0.15, -0.1) is 0 Å². The predicted molar refractivity (Wildman–Crippen MR) is 227 cm³/mol. The van der Waals surface area contributed by atoms with E-state index in [1.807, 2.05) is 36.4 Å². The Balaban J connectivity index is 1.18. The Kier molecular flexibility index (Phi) is 7.14. The summed E-state index contributed by atoms with van der Waals surface area (Å²) in [4.78, 5) is 15.8. The normalized spacial score (nSPS) is 11.6. The summed E-state index contributed by atoms with van der Waals surface area (Å²) in [5.41, 5.74) is 8.78. The number of hydrogen-bond acceptors (Lipinski definition) is 4. The lowest BCUT2D eigenvalue weighted by Crippen LogP contribution is -2.01. The molecule has 0 saturated heterocycles. The van der Waals surface area contributed by atoms with Crippen LogP contribution in [0.15, 0.2) is 192 Å². The Morgan fingerprint density at radius 3 is 1.78 bits per heavy atom. The zero-order valence-corrected chi connectivity index (χ0v) is 29.6. The lowest BCUT2D eigenvalue weighted by molar-refractivity contribution is 0.669. The van der Waals surface area contributed by atoms with Gasteiger partial charge in [0, 0.05) is 27.5 Å². The van der Waals surface area contributed by atoms with E-state index in [1.54, 1.807) is 0 Å². The molecular formula is C51H31N3O. The molecule has 4 nitrogen and oxygen atoms in total. The summed E-state index contributed by atoms with van der Waals surface area (Å²) >= 11 is 0. The molecule has 0 aliphatic rings. The fourth-order valence-corrected chi connectivity index (χ4v) is 8.19. The lowest BCUT2D eigenvalue weighted by Gasteiger charge is -2.16. The molecular weight excluding hydrogens is 671 g/mol. The SMILES string of the molecule is c1ccc(-c2cccc(-c3nc(-c4ccccc4-c4cccc5ccc6c7ccccc7ccc6c45)nc(-c4cccc5oc6ccccc6c45)n3)c2)cc1. The standard InChI is InChI=1S/C51H31N3O/c1-2-13-32(14-3-1)35-17-10-18-36(31-35)49-52-50(54-51(53-49)44-24-12-26-46-48(44)43-22-8-9-25-45(43)55-46)42-21-7-6-20-38(42)40-23-11-16-34-28-29-39-37-19-5-4-15-33(37)27-30-41(39)47(34)40/h1-31H. The van der Waals surface area contributed by atoms with Gasteiger partial charge < -0.3 is 4.42 Å². The topological polar surface area (TPSA) is 51.8 Å². The Morgan fingerprint density at radius 1 is 0.291 bits per heavy atom. The first-order valence-corrected chi connectivity index (χ1v) is 18.5. The second-order valence-corrected chi connectivity index (χ2v) is 13.9. The van der Waals surface area contributed by atoms with Crippen LogP contribution in [0.1, 0.15) is 0 Å². The second-order valence-electron chi connectivity index (χ2n) is 13.9. The van der Waals surface area contributed by atoms with Crippen LogP contribution in [0.5, 0.6) is 0 Å². The highest BCUT2D eigenvalue weighted by molar-refractivity contribution is 6.21. The fraction of sp³-hybridized carbons (Fsp3) is 0. The molecule has 0 unspecified atom stereocenters. The first-order valence-electron chi connectivity index (χ1n) is 18.5. The van der Waals surface area contributed by atoms with Gasteiger partial charge in [-0.05, 0) is 72.8 Å². The molecule has 256 valence electrons. The van der Waals surface area contributed by atoms with Gasteiger partial charge in [-0.25, -0.2) is 15.0 Å². The molecule has 0 spiro atoms. The second kappa shape index (κ2) is 12.6. The molecule has 0 saturated carbocycles. The molecule has 0 N–H and O–H groups in total. The number of aromatic nitrogens is 3. The Hall–Kier alpha value is -7.43. The van der Waals surface area contributed by atoms with E-state index in [4.69, 9.17) is 19.4 Å². The van der Waals surface area contributed by atoms with E-state index in [9.17, 15) is 0 Å². The van der Waals surface area contributed by atoms with Crippen molar-refractivity contribution >= 4 is 54.3 Å². The van der Waals surface area contributed by atoms with Crippen LogP contribution >= 0.6 is 0 Å². The van der Waals surface area contributed by atoms with Crippen LogP contribution in [-0.4, -0.2) is 15.0 Å². The molecule has 9 aromatic carbocycles. The highest BCUT2D eigenvalue weighted by atomic mass is 16.3. The van der Waals surface area contributed by atoms with E-state index in [-0.39, 0.29) is 0 Å². The van der Waals surface area contributed by atoms with Crippen molar-refractivity contribution in [2.24, 2.45) is 0 Å². The summed E-state index contributed by atoms with van der Waals surface area (Å²) in [5, 5.41) is 9.33. The molecule has 2 aromatic heterocycles. The van der Waals surface area contributed by atoms with E-state index in [0.717, 1.165) is 60.9 Å². The Bertz CT molecular complexity index is 3270. The van der Waals surface area contributed by atoms with Gasteiger partial charge in [0.05, 0.1) is 0 Å². The lowest BCUT2D eigenvalue weighted by atomic mass is 9.90. The number of para-hydroxylation sites is 1. The number of hydrogen-bond donors (Lipinski definition) is 0. The maximum absolute atomic E-state index is 6.32. The van der Waals surface area contributed by atoms with Crippen molar-refractivity contribution in [2.75, 3.05) is 0 Å². The van der Waals surface area contributed by atoms with Gasteiger partial charge in [-0.3, -0.25) is 0 Å². The minimum absolute atomic E-state index is 0.590. The first-order chi connectivity index (χ1) is 27.3. The molecule has 2 heterocycles. The monoisotopic (exact) mass is 701 g/mol. The summed E-state index contributed by atoms with van der Waals surface area (Å²) in [5.74, 6) is 1.80. The Morgan fingerprint density at radius 2 is 0.873 bits per heavy atom. The van der Waals surface area contributed by atoms with Crippen molar-refractivity contribution in [3.05, 3.63) is 188 Å². The molecule has 55 heavy (non-hydrogen) atoms. The number of nitrogens with zero attached hydrogens (tertiary/aromatic N) is 3. The molecule has 0 fully saturated rings. The van der Waals surface area contributed by atoms with Crippen LogP contribution in [0.25, 0.3) is 111 Å². The molecule has 0 aliphatic carbocycles. The van der Waals surface area contributed by atoms with Crippen molar-refractivity contribution in [3.8, 4) is 56.4 Å². The van der Waals surface area contributed by atoms with Crippen LogP contribution in [0, 0.1) is 0 Å². The molecule has 0 amide bonds. The number of furan rings is 1. The molecule has 0 aliphatic heterocycles. The maximum atomic E-state index is 6.32. The van der Waals surface area contributed by atoms with Gasteiger partial charge in [-0.1, -0.05) is 170 Å². The summed E-state index contributed by atoms with van der Waals surface area (Å²) in [7, 11) is 0. The van der Waals surface area contributed by atoms with Crippen molar-refractivity contribution < 1.29 is 4.42 Å².